The molecule has 0 amide bonds. The van der Waals surface area contributed by atoms with Crippen molar-refractivity contribution >= 4 is 29.0 Å². The first kappa shape index (κ1) is 19.4. The molecule has 25 heavy (non-hydrogen) atoms. The fourth-order valence-electron chi connectivity index (χ4n) is 2.55. The molecule has 0 fully saturated rings. The molecule has 2 rings (SSSR count). The van der Waals surface area contributed by atoms with Gasteiger partial charge in [0.25, 0.3) is 0 Å². The standard InChI is InChI=1S/C19H20Cl2O4/c1-10(2)25-19-15(11(3)9-14(23-4)18(19)24-5)17(22)16-12(20)7-6-8-13(16)21/h6-10H,1-5H3. The molecule has 2 aromatic rings. The van der Waals surface area contributed by atoms with Crippen LogP contribution in [0.25, 0.3) is 0 Å². The zero-order valence-electron chi connectivity index (χ0n) is 14.8. The predicted octanol–water partition coefficient (Wildman–Crippen LogP) is 5.34. The number of methoxy groups -OCH3 is 2. The molecule has 0 unspecified atom stereocenters. The Balaban J connectivity index is 2.77. The van der Waals surface area contributed by atoms with Crippen LogP contribution >= 0.6 is 23.2 Å². The molecule has 0 atom stereocenters. The predicted molar refractivity (Wildman–Crippen MR) is 99.9 cm³/mol. The fourth-order valence-corrected chi connectivity index (χ4v) is 3.12. The van der Waals surface area contributed by atoms with Gasteiger partial charge in [0.1, 0.15) is 0 Å². The van der Waals surface area contributed by atoms with E-state index in [0.29, 0.717) is 28.4 Å². The van der Waals surface area contributed by atoms with Crippen LogP contribution in [0.2, 0.25) is 10.0 Å². The molecule has 0 aliphatic heterocycles. The zero-order valence-corrected chi connectivity index (χ0v) is 16.3. The van der Waals surface area contributed by atoms with Gasteiger partial charge in [-0.05, 0) is 44.5 Å². The number of hydrogen-bond donors (Lipinski definition) is 0. The Morgan fingerprint density at radius 2 is 1.60 bits per heavy atom. The highest BCUT2D eigenvalue weighted by molar-refractivity contribution is 6.41. The molecule has 4 nitrogen and oxygen atoms in total. The number of aryl methyl sites for hydroxylation is 1. The van der Waals surface area contributed by atoms with Crippen LogP contribution in [-0.4, -0.2) is 26.1 Å². The van der Waals surface area contributed by atoms with Gasteiger partial charge >= 0.3 is 0 Å². The van der Waals surface area contributed by atoms with Crippen molar-refractivity contribution in [1.82, 2.24) is 0 Å². The van der Waals surface area contributed by atoms with Gasteiger partial charge in [0.15, 0.2) is 17.3 Å². The molecule has 0 saturated heterocycles. The van der Waals surface area contributed by atoms with Crippen LogP contribution in [0.1, 0.15) is 35.3 Å². The van der Waals surface area contributed by atoms with Crippen LogP contribution in [-0.2, 0) is 0 Å². The van der Waals surface area contributed by atoms with Crippen molar-refractivity contribution in [2.45, 2.75) is 26.9 Å². The van der Waals surface area contributed by atoms with Gasteiger partial charge in [0.05, 0.1) is 41.5 Å². The lowest BCUT2D eigenvalue weighted by Gasteiger charge is -2.21. The minimum Gasteiger partial charge on any atom is -0.493 e. The van der Waals surface area contributed by atoms with Gasteiger partial charge in [-0.1, -0.05) is 29.3 Å². The molecule has 0 radical (unpaired) electrons. The molecule has 0 saturated carbocycles. The molecule has 6 heteroatoms. The Kier molecular flexibility index (Phi) is 6.20. The van der Waals surface area contributed by atoms with Crippen LogP contribution in [0, 0.1) is 6.92 Å². The van der Waals surface area contributed by atoms with E-state index in [0.717, 1.165) is 0 Å². The van der Waals surface area contributed by atoms with E-state index in [1.165, 1.54) is 14.2 Å². The highest BCUT2D eigenvalue weighted by Gasteiger charge is 2.28. The van der Waals surface area contributed by atoms with Crippen molar-refractivity contribution in [3.8, 4) is 17.2 Å². The SMILES string of the molecule is COc1cc(C)c(C(=O)c2c(Cl)cccc2Cl)c(OC(C)C)c1OC. The number of benzene rings is 2. The normalized spacial score (nSPS) is 10.7. The number of hydrogen-bond acceptors (Lipinski definition) is 4. The van der Waals surface area contributed by atoms with Gasteiger partial charge in [-0.25, -0.2) is 0 Å². The van der Waals surface area contributed by atoms with Crippen molar-refractivity contribution in [3.05, 3.63) is 51.0 Å². The second-order valence-electron chi connectivity index (χ2n) is 5.73. The summed E-state index contributed by atoms with van der Waals surface area (Å²) in [5, 5.41) is 0.560. The van der Waals surface area contributed by atoms with Gasteiger partial charge in [-0.15, -0.1) is 0 Å². The highest BCUT2D eigenvalue weighted by Crippen LogP contribution is 2.44. The van der Waals surface area contributed by atoms with Gasteiger partial charge in [0, 0.05) is 0 Å². The molecule has 0 spiro atoms. The summed E-state index contributed by atoms with van der Waals surface area (Å²) in [6, 6.07) is 6.66. The molecule has 0 aliphatic carbocycles. The summed E-state index contributed by atoms with van der Waals surface area (Å²) in [5.74, 6) is 0.825. The summed E-state index contributed by atoms with van der Waals surface area (Å²) >= 11 is 12.4. The van der Waals surface area contributed by atoms with E-state index in [4.69, 9.17) is 37.4 Å². The first-order chi connectivity index (χ1) is 11.8. The summed E-state index contributed by atoms with van der Waals surface area (Å²) in [4.78, 5) is 13.2. The maximum atomic E-state index is 13.2. The third kappa shape index (κ3) is 3.86. The Labute approximate surface area is 157 Å². The number of halogens is 2. The summed E-state index contributed by atoms with van der Waals surface area (Å²) in [6.45, 7) is 5.53. The average Bonchev–Trinajstić information content (AvgIpc) is 2.53. The van der Waals surface area contributed by atoms with Crippen LogP contribution in [0.3, 0.4) is 0 Å². The first-order valence-corrected chi connectivity index (χ1v) is 8.48. The van der Waals surface area contributed by atoms with Crippen molar-refractivity contribution in [3.63, 3.8) is 0 Å². The molecule has 0 aliphatic rings. The Hall–Kier alpha value is -1.91. The quantitative estimate of drug-likeness (QED) is 0.632. The third-order valence-electron chi connectivity index (χ3n) is 3.59. The Morgan fingerprint density at radius 3 is 2.08 bits per heavy atom. The van der Waals surface area contributed by atoms with Crippen LogP contribution in [0.5, 0.6) is 17.2 Å². The minimum absolute atomic E-state index is 0.173. The van der Waals surface area contributed by atoms with Gasteiger partial charge < -0.3 is 14.2 Å². The van der Waals surface area contributed by atoms with Crippen molar-refractivity contribution < 1.29 is 19.0 Å². The van der Waals surface area contributed by atoms with E-state index in [9.17, 15) is 4.79 Å². The van der Waals surface area contributed by atoms with Gasteiger partial charge in [0.2, 0.25) is 5.75 Å². The van der Waals surface area contributed by atoms with E-state index in [1.54, 1.807) is 31.2 Å². The van der Waals surface area contributed by atoms with E-state index in [-0.39, 0.29) is 27.5 Å². The van der Waals surface area contributed by atoms with Crippen LogP contribution in [0.4, 0.5) is 0 Å². The smallest absolute Gasteiger partial charge is 0.204 e. The van der Waals surface area contributed by atoms with Crippen LogP contribution < -0.4 is 14.2 Å². The highest BCUT2D eigenvalue weighted by atomic mass is 35.5. The Morgan fingerprint density at radius 1 is 1.00 bits per heavy atom. The molecule has 0 heterocycles. The van der Waals surface area contributed by atoms with E-state index in [1.807, 2.05) is 13.8 Å². The lowest BCUT2D eigenvalue weighted by Crippen LogP contribution is -2.14. The summed E-state index contributed by atoms with van der Waals surface area (Å²) < 4.78 is 16.7. The zero-order chi connectivity index (χ0) is 18.7. The number of carbonyl (C=O) groups excluding carboxylic acids is 1. The molecule has 134 valence electrons. The number of rotatable bonds is 6. The summed E-state index contributed by atoms with van der Waals surface area (Å²) in [6.07, 6.45) is -0.173. The molecule has 0 bridgehead atoms. The fraction of sp³-hybridized carbons (Fsp3) is 0.316. The molecular formula is C19H20Cl2O4. The maximum absolute atomic E-state index is 13.2. The number of carbonyl (C=O) groups is 1. The number of ether oxygens (including phenoxy) is 3. The largest absolute Gasteiger partial charge is 0.493 e. The third-order valence-corrected chi connectivity index (χ3v) is 4.22. The Bertz CT molecular complexity index is 780. The minimum atomic E-state index is -0.329. The summed E-state index contributed by atoms with van der Waals surface area (Å²) in [7, 11) is 3.03. The molecule has 2 aromatic carbocycles. The van der Waals surface area contributed by atoms with Gasteiger partial charge in [-0.3, -0.25) is 4.79 Å². The lowest BCUT2D eigenvalue weighted by atomic mass is 9.96. The molecule has 0 N–H and O–H groups in total. The van der Waals surface area contributed by atoms with Gasteiger partial charge in [-0.2, -0.15) is 0 Å². The van der Waals surface area contributed by atoms with Crippen LogP contribution in [0.15, 0.2) is 24.3 Å². The summed E-state index contributed by atoms with van der Waals surface area (Å²) in [5.41, 5.74) is 1.25. The first-order valence-electron chi connectivity index (χ1n) is 7.72. The molecular weight excluding hydrogens is 363 g/mol. The van der Waals surface area contributed by atoms with E-state index < -0.39 is 0 Å². The second kappa shape index (κ2) is 7.98. The molecule has 0 aromatic heterocycles. The number of ketones is 1. The van der Waals surface area contributed by atoms with Crippen molar-refractivity contribution in [2.24, 2.45) is 0 Å². The van der Waals surface area contributed by atoms with Crippen molar-refractivity contribution in [2.75, 3.05) is 14.2 Å². The topological polar surface area (TPSA) is 44.8 Å². The maximum Gasteiger partial charge on any atom is 0.204 e. The van der Waals surface area contributed by atoms with E-state index >= 15 is 0 Å². The monoisotopic (exact) mass is 382 g/mol. The van der Waals surface area contributed by atoms with E-state index in [2.05, 4.69) is 0 Å². The second-order valence-corrected chi connectivity index (χ2v) is 6.54. The van der Waals surface area contributed by atoms with Crippen molar-refractivity contribution in [1.29, 1.82) is 0 Å². The lowest BCUT2D eigenvalue weighted by molar-refractivity contribution is 0.103. The average molecular weight is 383 g/mol.